The van der Waals surface area contributed by atoms with Crippen molar-refractivity contribution in [2.45, 2.75) is 18.9 Å². The number of nitrogens with one attached hydrogen (secondary N) is 1. The van der Waals surface area contributed by atoms with Crippen LogP contribution in [0.25, 0.3) is 0 Å². The quantitative estimate of drug-likeness (QED) is 0.860. The van der Waals surface area contributed by atoms with Crippen molar-refractivity contribution >= 4 is 17.3 Å². The summed E-state index contributed by atoms with van der Waals surface area (Å²) in [5, 5.41) is 3.54. The van der Waals surface area contributed by atoms with Crippen LogP contribution in [0.15, 0.2) is 18.2 Å². The minimum Gasteiger partial charge on any atom is -0.380 e. The summed E-state index contributed by atoms with van der Waals surface area (Å²) in [6, 6.07) is 4.49. The molecule has 2 rings (SSSR count). The Hall–Kier alpha value is -0.800. The van der Waals surface area contributed by atoms with Crippen LogP contribution in [0.3, 0.4) is 0 Å². The van der Waals surface area contributed by atoms with Gasteiger partial charge in [0.1, 0.15) is 5.82 Å². The van der Waals surface area contributed by atoms with Crippen molar-refractivity contribution in [3.8, 4) is 0 Å². The Labute approximate surface area is 93.4 Å². The third-order valence-corrected chi connectivity index (χ3v) is 2.71. The van der Waals surface area contributed by atoms with Crippen molar-refractivity contribution in [1.29, 1.82) is 0 Å². The summed E-state index contributed by atoms with van der Waals surface area (Å²) in [4.78, 5) is 0. The van der Waals surface area contributed by atoms with Crippen molar-refractivity contribution in [3.63, 3.8) is 0 Å². The molecule has 2 nitrogen and oxygen atoms in total. The summed E-state index contributed by atoms with van der Waals surface area (Å²) >= 11 is 5.77. The first-order chi connectivity index (χ1) is 7.25. The Balaban J connectivity index is 1.94. The molecule has 0 spiro atoms. The molecule has 0 aliphatic carbocycles. The maximum Gasteiger partial charge on any atom is 0.146 e. The smallest absolute Gasteiger partial charge is 0.146 e. The minimum absolute atomic E-state index is 0.198. The summed E-state index contributed by atoms with van der Waals surface area (Å²) in [6.07, 6.45) is 2.32. The predicted octanol–water partition coefficient (Wildman–Crippen LogP) is 3.07. The second-order valence-corrected chi connectivity index (χ2v) is 4.08. The number of ether oxygens (including phenoxy) is 1. The van der Waals surface area contributed by atoms with Gasteiger partial charge in [0.2, 0.25) is 0 Å². The van der Waals surface area contributed by atoms with Crippen molar-refractivity contribution in [2.75, 3.05) is 18.5 Å². The molecule has 1 aromatic carbocycles. The van der Waals surface area contributed by atoms with Crippen LogP contribution < -0.4 is 5.32 Å². The maximum atomic E-state index is 13.3. The second-order valence-electron chi connectivity index (χ2n) is 3.64. The van der Waals surface area contributed by atoms with Crippen molar-refractivity contribution in [2.24, 2.45) is 0 Å². The highest BCUT2D eigenvalue weighted by Gasteiger charge is 2.15. The van der Waals surface area contributed by atoms with Gasteiger partial charge in [0, 0.05) is 18.2 Å². The molecule has 1 fully saturated rings. The molecule has 1 heterocycles. The van der Waals surface area contributed by atoms with Crippen LogP contribution >= 0.6 is 11.6 Å². The van der Waals surface area contributed by atoms with Gasteiger partial charge >= 0.3 is 0 Å². The maximum absolute atomic E-state index is 13.3. The molecule has 0 amide bonds. The average Bonchev–Trinajstić information content (AvgIpc) is 2.72. The number of halogens is 2. The molecule has 82 valence electrons. The van der Waals surface area contributed by atoms with Gasteiger partial charge in [0.05, 0.1) is 11.8 Å². The summed E-state index contributed by atoms with van der Waals surface area (Å²) in [5.41, 5.74) is 0.443. The summed E-state index contributed by atoms with van der Waals surface area (Å²) in [5.74, 6) is -0.280. The zero-order chi connectivity index (χ0) is 10.7. The number of hydrogen-bond donors (Lipinski definition) is 1. The molecule has 1 N–H and O–H groups in total. The lowest BCUT2D eigenvalue weighted by atomic mass is 10.2. The third kappa shape index (κ3) is 2.83. The van der Waals surface area contributed by atoms with Crippen LogP contribution in [0, 0.1) is 5.82 Å². The third-order valence-electron chi connectivity index (χ3n) is 2.47. The number of benzene rings is 1. The van der Waals surface area contributed by atoms with Gasteiger partial charge in [-0.15, -0.1) is 0 Å². The lowest BCUT2D eigenvalue weighted by molar-refractivity contribution is 0.120. The molecule has 0 bridgehead atoms. The van der Waals surface area contributed by atoms with E-state index in [1.165, 1.54) is 12.1 Å². The number of anilines is 1. The van der Waals surface area contributed by atoms with Crippen LogP contribution in [0.1, 0.15) is 12.8 Å². The summed E-state index contributed by atoms with van der Waals surface area (Å²) in [7, 11) is 0. The van der Waals surface area contributed by atoms with Gasteiger partial charge in [0.15, 0.2) is 0 Å². The van der Waals surface area contributed by atoms with Crippen LogP contribution in [0.5, 0.6) is 0 Å². The Bertz CT molecular complexity index is 339. The normalized spacial score (nSPS) is 20.5. The van der Waals surface area contributed by atoms with E-state index in [2.05, 4.69) is 5.32 Å². The van der Waals surface area contributed by atoms with Gasteiger partial charge in [-0.05, 0) is 31.0 Å². The highest BCUT2D eigenvalue weighted by atomic mass is 35.5. The van der Waals surface area contributed by atoms with E-state index in [0.29, 0.717) is 17.3 Å². The zero-order valence-corrected chi connectivity index (χ0v) is 9.06. The molecule has 1 saturated heterocycles. The highest BCUT2D eigenvalue weighted by molar-refractivity contribution is 6.30. The van der Waals surface area contributed by atoms with Gasteiger partial charge in [-0.25, -0.2) is 4.39 Å². The van der Waals surface area contributed by atoms with E-state index in [1.54, 1.807) is 6.07 Å². The van der Waals surface area contributed by atoms with E-state index in [1.807, 2.05) is 0 Å². The van der Waals surface area contributed by atoms with E-state index in [-0.39, 0.29) is 11.9 Å². The fourth-order valence-electron chi connectivity index (χ4n) is 1.66. The first kappa shape index (κ1) is 10.7. The number of hydrogen-bond acceptors (Lipinski definition) is 2. The largest absolute Gasteiger partial charge is 0.380 e. The predicted molar refractivity (Wildman–Crippen MR) is 58.9 cm³/mol. The molecule has 1 aliphatic rings. The topological polar surface area (TPSA) is 21.3 Å². The van der Waals surface area contributed by atoms with E-state index in [0.717, 1.165) is 19.4 Å². The Kier molecular flexibility index (Phi) is 3.44. The fraction of sp³-hybridized carbons (Fsp3) is 0.455. The Morgan fingerprint density at radius 1 is 1.53 bits per heavy atom. The van der Waals surface area contributed by atoms with Crippen LogP contribution in [0.4, 0.5) is 10.1 Å². The van der Waals surface area contributed by atoms with Crippen LogP contribution in [-0.4, -0.2) is 19.3 Å². The van der Waals surface area contributed by atoms with Gasteiger partial charge in [0.25, 0.3) is 0 Å². The van der Waals surface area contributed by atoms with Crippen molar-refractivity contribution < 1.29 is 9.13 Å². The average molecular weight is 230 g/mol. The van der Waals surface area contributed by atoms with Gasteiger partial charge < -0.3 is 10.1 Å². The Morgan fingerprint density at radius 3 is 3.13 bits per heavy atom. The SMILES string of the molecule is Fc1ccc(Cl)cc1NCC1CCCO1. The molecule has 1 aromatic rings. The lowest BCUT2D eigenvalue weighted by Gasteiger charge is -2.12. The molecule has 1 unspecified atom stereocenters. The van der Waals surface area contributed by atoms with Gasteiger partial charge in [-0.1, -0.05) is 11.6 Å². The molecule has 1 aliphatic heterocycles. The molecule has 0 saturated carbocycles. The minimum atomic E-state index is -0.280. The van der Waals surface area contributed by atoms with Gasteiger partial charge in [-0.2, -0.15) is 0 Å². The van der Waals surface area contributed by atoms with Crippen molar-refractivity contribution in [1.82, 2.24) is 0 Å². The molecule has 1 atom stereocenters. The van der Waals surface area contributed by atoms with Crippen LogP contribution in [0.2, 0.25) is 5.02 Å². The van der Waals surface area contributed by atoms with Crippen molar-refractivity contribution in [3.05, 3.63) is 29.0 Å². The molecule has 4 heteroatoms. The molecule has 0 radical (unpaired) electrons. The number of rotatable bonds is 3. The molecular formula is C11H13ClFNO. The standard InChI is InChI=1S/C11H13ClFNO/c12-8-3-4-10(13)11(6-8)14-7-9-2-1-5-15-9/h3-4,6,9,14H,1-2,5,7H2. The van der Waals surface area contributed by atoms with E-state index in [4.69, 9.17) is 16.3 Å². The molecule has 15 heavy (non-hydrogen) atoms. The zero-order valence-electron chi connectivity index (χ0n) is 8.30. The lowest BCUT2D eigenvalue weighted by Crippen LogP contribution is -2.18. The first-order valence-corrected chi connectivity index (χ1v) is 5.44. The fourth-order valence-corrected chi connectivity index (χ4v) is 1.83. The first-order valence-electron chi connectivity index (χ1n) is 5.06. The summed E-state index contributed by atoms with van der Waals surface area (Å²) in [6.45, 7) is 1.45. The molecule has 0 aromatic heterocycles. The van der Waals surface area contributed by atoms with E-state index >= 15 is 0 Å². The summed E-state index contributed by atoms with van der Waals surface area (Å²) < 4.78 is 18.7. The molecular weight excluding hydrogens is 217 g/mol. The van der Waals surface area contributed by atoms with Crippen LogP contribution in [-0.2, 0) is 4.74 Å². The Morgan fingerprint density at radius 2 is 2.40 bits per heavy atom. The second kappa shape index (κ2) is 4.81. The monoisotopic (exact) mass is 229 g/mol. The highest BCUT2D eigenvalue weighted by Crippen LogP contribution is 2.20. The van der Waals surface area contributed by atoms with E-state index < -0.39 is 0 Å². The van der Waals surface area contributed by atoms with Gasteiger partial charge in [-0.3, -0.25) is 0 Å². The van der Waals surface area contributed by atoms with E-state index in [9.17, 15) is 4.39 Å².